The second-order valence-electron chi connectivity index (χ2n) is 8.36. The van der Waals surface area contributed by atoms with Crippen LogP contribution in [0.15, 0.2) is 73.2 Å². The molecule has 2 aromatic heterocycles. The Kier molecular flexibility index (Phi) is 6.13. The highest BCUT2D eigenvalue weighted by Gasteiger charge is 2.40. The monoisotopic (exact) mass is 496 g/mol. The van der Waals surface area contributed by atoms with Gasteiger partial charge >= 0.3 is 6.18 Å². The van der Waals surface area contributed by atoms with E-state index >= 15 is 0 Å². The van der Waals surface area contributed by atoms with Crippen LogP contribution in [0.4, 0.5) is 34.6 Å². The molecule has 7 nitrogen and oxygen atoms in total. The van der Waals surface area contributed by atoms with Gasteiger partial charge in [-0.2, -0.15) is 13.2 Å². The molecule has 0 saturated heterocycles. The molecule has 0 fully saturated rings. The van der Waals surface area contributed by atoms with Crippen molar-refractivity contribution < 1.29 is 22.4 Å². The first kappa shape index (κ1) is 23.5. The largest absolute Gasteiger partial charge is 0.406 e. The van der Waals surface area contributed by atoms with E-state index in [-0.39, 0.29) is 24.1 Å². The van der Waals surface area contributed by atoms with Crippen molar-refractivity contribution >= 4 is 23.0 Å². The van der Waals surface area contributed by atoms with Gasteiger partial charge in [-0.3, -0.25) is 9.78 Å². The van der Waals surface area contributed by atoms with Gasteiger partial charge in [0.1, 0.15) is 24.1 Å². The summed E-state index contributed by atoms with van der Waals surface area (Å²) in [6.45, 7) is -1.52. The van der Waals surface area contributed by atoms with Gasteiger partial charge in [0.2, 0.25) is 0 Å². The number of carbonyl (C=O) groups is 1. The van der Waals surface area contributed by atoms with Crippen LogP contribution in [0.3, 0.4) is 0 Å². The summed E-state index contributed by atoms with van der Waals surface area (Å²) in [5, 5.41) is 11.4. The minimum Gasteiger partial charge on any atom is -0.354 e. The van der Waals surface area contributed by atoms with Crippen molar-refractivity contribution in [2.45, 2.75) is 25.1 Å². The number of fused-ring (bicyclic) bond motifs is 1. The van der Waals surface area contributed by atoms with Gasteiger partial charge in [0.05, 0.1) is 23.8 Å². The third kappa shape index (κ3) is 4.90. The highest BCUT2D eigenvalue weighted by atomic mass is 19.4. The molecule has 0 bridgehead atoms. The Morgan fingerprint density at radius 1 is 1.03 bits per heavy atom. The second kappa shape index (κ2) is 9.40. The molecular weight excluding hydrogens is 476 g/mol. The van der Waals surface area contributed by atoms with E-state index in [9.17, 15) is 22.4 Å². The zero-order chi connectivity index (χ0) is 25.3. The quantitative estimate of drug-likeness (QED) is 0.379. The first-order chi connectivity index (χ1) is 17.3. The first-order valence-electron chi connectivity index (χ1n) is 11.1. The van der Waals surface area contributed by atoms with Gasteiger partial charge in [-0.15, -0.1) is 5.10 Å². The topological polar surface area (TPSA) is 75.9 Å². The van der Waals surface area contributed by atoms with Gasteiger partial charge in [-0.1, -0.05) is 23.4 Å². The zero-order valence-corrected chi connectivity index (χ0v) is 18.8. The lowest BCUT2D eigenvalue weighted by atomic mass is 10.1. The number of carbonyl (C=O) groups excluding carboxylic acids is 1. The number of aromatic nitrogens is 4. The molecule has 4 aromatic rings. The number of nitrogens with one attached hydrogen (secondary N) is 1. The molecule has 1 amide bonds. The number of hydrogen-bond donors (Lipinski definition) is 1. The van der Waals surface area contributed by atoms with Gasteiger partial charge in [0, 0.05) is 23.0 Å². The molecule has 0 saturated carbocycles. The molecule has 0 radical (unpaired) electrons. The van der Waals surface area contributed by atoms with Crippen LogP contribution in [0.1, 0.15) is 18.0 Å². The van der Waals surface area contributed by atoms with Crippen molar-refractivity contribution in [1.29, 1.82) is 0 Å². The fraction of sp³-hybridized carbons (Fsp3) is 0.200. The minimum atomic E-state index is -4.66. The molecule has 1 atom stereocenters. The van der Waals surface area contributed by atoms with Gasteiger partial charge in [-0.05, 0) is 49.2 Å². The van der Waals surface area contributed by atoms with Crippen molar-refractivity contribution in [3.05, 3.63) is 84.6 Å². The maximum atomic E-state index is 14.4. The van der Waals surface area contributed by atoms with Gasteiger partial charge in [0.15, 0.2) is 0 Å². The van der Waals surface area contributed by atoms with Crippen molar-refractivity contribution in [2.75, 3.05) is 16.8 Å². The van der Waals surface area contributed by atoms with E-state index in [1.807, 2.05) is 36.4 Å². The predicted molar refractivity (Wildman–Crippen MR) is 125 cm³/mol. The summed E-state index contributed by atoms with van der Waals surface area (Å²) in [5.41, 5.74) is 2.81. The maximum Gasteiger partial charge on any atom is 0.406 e. The highest BCUT2D eigenvalue weighted by Crippen LogP contribution is 2.35. The lowest BCUT2D eigenvalue weighted by Gasteiger charge is -2.26. The van der Waals surface area contributed by atoms with Crippen LogP contribution >= 0.6 is 0 Å². The summed E-state index contributed by atoms with van der Waals surface area (Å²) in [6, 6.07) is 13.7. The molecule has 1 aliphatic heterocycles. The SMILES string of the molecule is O=C1C(n2cc(-c3ccc(Nc4cccnc4)cc3)nn2)CCc2c(F)cccc2N1CC(F)(F)F. The summed E-state index contributed by atoms with van der Waals surface area (Å²) < 4.78 is 55.7. The molecule has 184 valence electrons. The maximum absolute atomic E-state index is 14.4. The van der Waals surface area contributed by atoms with Gasteiger partial charge < -0.3 is 10.2 Å². The number of hydrogen-bond acceptors (Lipinski definition) is 5. The van der Waals surface area contributed by atoms with E-state index < -0.39 is 30.5 Å². The Hall–Kier alpha value is -4.28. The number of rotatable bonds is 5. The van der Waals surface area contributed by atoms with Crippen molar-refractivity contribution in [3.8, 4) is 11.3 Å². The average molecular weight is 496 g/mol. The molecular formula is C25H20F4N6O. The lowest BCUT2D eigenvalue weighted by Crippen LogP contribution is -2.42. The summed E-state index contributed by atoms with van der Waals surface area (Å²) in [6.07, 6.45) is 0.385. The third-order valence-electron chi connectivity index (χ3n) is 5.90. The molecule has 11 heteroatoms. The molecule has 1 aliphatic rings. The lowest BCUT2D eigenvalue weighted by molar-refractivity contribution is -0.134. The minimum absolute atomic E-state index is 0.0723. The van der Waals surface area contributed by atoms with Crippen LogP contribution in [-0.4, -0.2) is 38.6 Å². The Morgan fingerprint density at radius 3 is 2.56 bits per heavy atom. The van der Waals surface area contributed by atoms with E-state index in [1.165, 1.54) is 29.1 Å². The van der Waals surface area contributed by atoms with E-state index in [1.54, 1.807) is 12.4 Å². The molecule has 1 unspecified atom stereocenters. The Bertz CT molecular complexity index is 1370. The average Bonchev–Trinajstić information content (AvgIpc) is 3.29. The Balaban J connectivity index is 1.40. The van der Waals surface area contributed by atoms with Crippen molar-refractivity contribution in [3.63, 3.8) is 0 Å². The normalized spacial score (nSPS) is 15.9. The molecule has 36 heavy (non-hydrogen) atoms. The number of pyridine rings is 1. The summed E-state index contributed by atoms with van der Waals surface area (Å²) in [5.74, 6) is -1.46. The van der Waals surface area contributed by atoms with Crippen LogP contribution in [0, 0.1) is 5.82 Å². The molecule has 5 rings (SSSR count). The Morgan fingerprint density at radius 2 is 1.83 bits per heavy atom. The molecule has 1 N–H and O–H groups in total. The fourth-order valence-corrected chi connectivity index (χ4v) is 4.23. The Labute approximate surface area is 203 Å². The van der Waals surface area contributed by atoms with Crippen LogP contribution in [0.2, 0.25) is 0 Å². The molecule has 0 spiro atoms. The van der Waals surface area contributed by atoms with Crippen LogP contribution in [-0.2, 0) is 11.2 Å². The van der Waals surface area contributed by atoms with E-state index in [4.69, 9.17) is 0 Å². The number of alkyl halides is 3. The summed E-state index contributed by atoms with van der Waals surface area (Å²) >= 11 is 0. The molecule has 0 aliphatic carbocycles. The number of amides is 1. The van der Waals surface area contributed by atoms with Gasteiger partial charge in [-0.25, -0.2) is 9.07 Å². The van der Waals surface area contributed by atoms with Crippen molar-refractivity contribution in [2.24, 2.45) is 0 Å². The number of anilines is 3. The smallest absolute Gasteiger partial charge is 0.354 e. The van der Waals surface area contributed by atoms with Gasteiger partial charge in [0.25, 0.3) is 5.91 Å². The van der Waals surface area contributed by atoms with Crippen LogP contribution in [0.5, 0.6) is 0 Å². The highest BCUT2D eigenvalue weighted by molar-refractivity contribution is 5.97. The third-order valence-corrected chi connectivity index (χ3v) is 5.90. The first-order valence-corrected chi connectivity index (χ1v) is 11.1. The second-order valence-corrected chi connectivity index (χ2v) is 8.36. The van der Waals surface area contributed by atoms with E-state index in [0.29, 0.717) is 16.2 Å². The van der Waals surface area contributed by atoms with Crippen LogP contribution < -0.4 is 10.2 Å². The standard InChI is InChI=1S/C25H20F4N6O/c26-20-4-1-5-22-19(20)10-11-23(24(36)34(22)15-25(27,28)29)35-14-21(32-33-35)16-6-8-17(9-7-16)31-18-3-2-12-30-13-18/h1-9,12-14,23,31H,10-11,15H2. The zero-order valence-electron chi connectivity index (χ0n) is 18.8. The van der Waals surface area contributed by atoms with Crippen molar-refractivity contribution in [1.82, 2.24) is 20.0 Å². The summed E-state index contributed by atoms with van der Waals surface area (Å²) in [4.78, 5) is 17.9. The summed E-state index contributed by atoms with van der Waals surface area (Å²) in [7, 11) is 0. The molecule has 3 heterocycles. The van der Waals surface area contributed by atoms with Crippen LogP contribution in [0.25, 0.3) is 11.3 Å². The fourth-order valence-electron chi connectivity index (χ4n) is 4.23. The number of benzene rings is 2. The van der Waals surface area contributed by atoms with E-state index in [0.717, 1.165) is 11.4 Å². The number of nitrogens with zero attached hydrogens (tertiary/aromatic N) is 5. The number of halogens is 4. The molecule has 2 aromatic carbocycles. The predicted octanol–water partition coefficient (Wildman–Crippen LogP) is 5.31. The van der Waals surface area contributed by atoms with E-state index in [2.05, 4.69) is 20.6 Å².